The van der Waals surface area contributed by atoms with Crippen molar-refractivity contribution in [2.75, 3.05) is 13.2 Å². The zero-order valence-electron chi connectivity index (χ0n) is 7.19. The second kappa shape index (κ2) is 4.95. The van der Waals surface area contributed by atoms with Crippen molar-refractivity contribution in [3.63, 3.8) is 0 Å². The highest BCUT2D eigenvalue weighted by atomic mass is 16.5. The minimum atomic E-state index is -0.462. The highest BCUT2D eigenvalue weighted by Crippen LogP contribution is 2.04. The first-order valence-electron chi connectivity index (χ1n) is 4.11. The molecule has 1 rings (SSSR count). The summed E-state index contributed by atoms with van der Waals surface area (Å²) in [7, 11) is 0. The first-order valence-corrected chi connectivity index (χ1v) is 4.11. The van der Waals surface area contributed by atoms with E-state index < -0.39 is 6.10 Å². The molecule has 1 heterocycles. The van der Waals surface area contributed by atoms with E-state index in [9.17, 15) is 5.11 Å². The van der Waals surface area contributed by atoms with E-state index in [1.54, 1.807) is 6.26 Å². The third-order valence-corrected chi connectivity index (χ3v) is 1.53. The van der Waals surface area contributed by atoms with Crippen molar-refractivity contribution in [1.82, 2.24) is 0 Å². The van der Waals surface area contributed by atoms with Crippen molar-refractivity contribution in [1.29, 1.82) is 0 Å². The van der Waals surface area contributed by atoms with Gasteiger partial charge >= 0.3 is 0 Å². The van der Waals surface area contributed by atoms with Crippen LogP contribution in [0.25, 0.3) is 0 Å². The zero-order chi connectivity index (χ0) is 8.81. The van der Waals surface area contributed by atoms with Gasteiger partial charge < -0.3 is 14.3 Å². The largest absolute Gasteiger partial charge is 0.469 e. The van der Waals surface area contributed by atoms with Gasteiger partial charge in [-0.3, -0.25) is 0 Å². The zero-order valence-corrected chi connectivity index (χ0v) is 7.19. The molecule has 1 unspecified atom stereocenters. The lowest BCUT2D eigenvalue weighted by molar-refractivity contribution is 0.0404. The van der Waals surface area contributed by atoms with Crippen molar-refractivity contribution in [3.05, 3.63) is 24.2 Å². The Kier molecular flexibility index (Phi) is 3.84. The van der Waals surface area contributed by atoms with E-state index >= 15 is 0 Å². The molecule has 1 aromatic rings. The molecule has 1 aromatic heterocycles. The third kappa shape index (κ3) is 3.07. The number of rotatable bonds is 5. The molecule has 0 spiro atoms. The summed E-state index contributed by atoms with van der Waals surface area (Å²) in [6.45, 7) is 2.91. The normalized spacial score (nSPS) is 13.2. The highest BCUT2D eigenvalue weighted by molar-refractivity contribution is 4.99. The molecule has 1 N–H and O–H groups in total. The van der Waals surface area contributed by atoms with Crippen LogP contribution in [0.2, 0.25) is 0 Å². The van der Waals surface area contributed by atoms with E-state index in [2.05, 4.69) is 0 Å². The van der Waals surface area contributed by atoms with Gasteiger partial charge in [-0.1, -0.05) is 0 Å². The first-order chi connectivity index (χ1) is 5.83. The van der Waals surface area contributed by atoms with Crippen LogP contribution in [0.5, 0.6) is 0 Å². The molecule has 0 aliphatic heterocycles. The van der Waals surface area contributed by atoms with Crippen LogP contribution < -0.4 is 0 Å². The number of furan rings is 1. The third-order valence-electron chi connectivity index (χ3n) is 1.53. The summed E-state index contributed by atoms with van der Waals surface area (Å²) >= 11 is 0. The van der Waals surface area contributed by atoms with Gasteiger partial charge in [-0.2, -0.15) is 0 Å². The molecule has 0 saturated heterocycles. The Bertz CT molecular complexity index is 194. The first kappa shape index (κ1) is 9.29. The van der Waals surface area contributed by atoms with E-state index in [-0.39, 0.29) is 0 Å². The Labute approximate surface area is 72.0 Å². The number of aliphatic hydroxyl groups excluding tert-OH is 1. The van der Waals surface area contributed by atoms with Crippen molar-refractivity contribution >= 4 is 0 Å². The fraction of sp³-hybridized carbons (Fsp3) is 0.556. The Morgan fingerprint density at radius 2 is 2.50 bits per heavy atom. The lowest BCUT2D eigenvalue weighted by atomic mass is 10.2. The SMILES string of the molecule is CCOCC(O)Cc1ccco1. The topological polar surface area (TPSA) is 42.6 Å². The number of aliphatic hydroxyl groups is 1. The van der Waals surface area contributed by atoms with E-state index in [0.717, 1.165) is 5.76 Å². The van der Waals surface area contributed by atoms with Crippen molar-refractivity contribution in [2.45, 2.75) is 19.4 Å². The highest BCUT2D eigenvalue weighted by Gasteiger charge is 2.06. The Balaban J connectivity index is 2.22. The molecule has 0 saturated carbocycles. The van der Waals surface area contributed by atoms with Crippen molar-refractivity contribution in [3.8, 4) is 0 Å². The molecule has 0 aliphatic carbocycles. The van der Waals surface area contributed by atoms with Crippen LogP contribution >= 0.6 is 0 Å². The molecule has 0 radical (unpaired) electrons. The van der Waals surface area contributed by atoms with Crippen LogP contribution in [0.3, 0.4) is 0 Å². The molecule has 0 amide bonds. The summed E-state index contributed by atoms with van der Waals surface area (Å²) in [6.07, 6.45) is 1.66. The quantitative estimate of drug-likeness (QED) is 0.722. The van der Waals surface area contributed by atoms with Gasteiger partial charge in [0.2, 0.25) is 0 Å². The van der Waals surface area contributed by atoms with Crippen LogP contribution in [0.1, 0.15) is 12.7 Å². The molecule has 3 nitrogen and oxygen atoms in total. The molecule has 0 fully saturated rings. The van der Waals surface area contributed by atoms with Gasteiger partial charge in [-0.15, -0.1) is 0 Å². The predicted molar refractivity (Wildman–Crippen MR) is 44.9 cm³/mol. The number of ether oxygens (including phenoxy) is 1. The maximum Gasteiger partial charge on any atom is 0.106 e. The summed E-state index contributed by atoms with van der Waals surface area (Å²) in [5.41, 5.74) is 0. The van der Waals surface area contributed by atoms with Crippen LogP contribution in [0, 0.1) is 0 Å². The Morgan fingerprint density at radius 3 is 3.08 bits per heavy atom. The fourth-order valence-electron chi connectivity index (χ4n) is 0.974. The van der Waals surface area contributed by atoms with Crippen molar-refractivity contribution < 1.29 is 14.3 Å². The Hall–Kier alpha value is -0.800. The molecule has 3 heteroatoms. The van der Waals surface area contributed by atoms with Gasteiger partial charge in [0.05, 0.1) is 19.0 Å². The van der Waals surface area contributed by atoms with E-state index in [1.165, 1.54) is 0 Å². The second-order valence-corrected chi connectivity index (χ2v) is 2.60. The average Bonchev–Trinajstić information content (AvgIpc) is 2.53. The van der Waals surface area contributed by atoms with E-state index in [1.807, 2.05) is 19.1 Å². The summed E-state index contributed by atoms with van der Waals surface area (Å²) in [6, 6.07) is 3.65. The van der Waals surface area contributed by atoms with E-state index in [4.69, 9.17) is 9.15 Å². The average molecular weight is 170 g/mol. The summed E-state index contributed by atoms with van der Waals surface area (Å²) < 4.78 is 10.1. The van der Waals surface area contributed by atoms with Crippen LogP contribution in [-0.4, -0.2) is 24.4 Å². The summed E-state index contributed by atoms with van der Waals surface area (Å²) in [5, 5.41) is 9.37. The minimum absolute atomic E-state index is 0.372. The van der Waals surface area contributed by atoms with Gasteiger partial charge in [0.1, 0.15) is 5.76 Å². The number of hydrogen-bond donors (Lipinski definition) is 1. The van der Waals surface area contributed by atoms with Gasteiger partial charge in [0, 0.05) is 13.0 Å². The maximum atomic E-state index is 9.37. The standard InChI is InChI=1S/C9H14O3/c1-2-11-7-8(10)6-9-4-3-5-12-9/h3-5,8,10H,2,6-7H2,1H3. The number of hydrogen-bond acceptors (Lipinski definition) is 3. The molecule has 1 atom stereocenters. The van der Waals surface area contributed by atoms with Gasteiger partial charge in [0.15, 0.2) is 0 Å². The summed E-state index contributed by atoms with van der Waals surface area (Å²) in [5.74, 6) is 0.794. The van der Waals surface area contributed by atoms with Gasteiger partial charge in [-0.25, -0.2) is 0 Å². The Morgan fingerprint density at radius 1 is 1.67 bits per heavy atom. The van der Waals surface area contributed by atoms with Crippen LogP contribution in [0.15, 0.2) is 22.8 Å². The fourth-order valence-corrected chi connectivity index (χ4v) is 0.974. The predicted octanol–water partition coefficient (Wildman–Crippen LogP) is 1.22. The molecule has 0 aliphatic rings. The van der Waals surface area contributed by atoms with Crippen molar-refractivity contribution in [2.24, 2.45) is 0 Å². The minimum Gasteiger partial charge on any atom is -0.469 e. The molecule has 68 valence electrons. The maximum absolute atomic E-state index is 9.37. The lowest BCUT2D eigenvalue weighted by Gasteiger charge is -2.07. The second-order valence-electron chi connectivity index (χ2n) is 2.60. The molecular weight excluding hydrogens is 156 g/mol. The molecular formula is C9H14O3. The smallest absolute Gasteiger partial charge is 0.106 e. The lowest BCUT2D eigenvalue weighted by Crippen LogP contribution is -2.17. The summed E-state index contributed by atoms with van der Waals surface area (Å²) in [4.78, 5) is 0. The van der Waals surface area contributed by atoms with Crippen LogP contribution in [0.4, 0.5) is 0 Å². The van der Waals surface area contributed by atoms with Gasteiger partial charge in [-0.05, 0) is 19.1 Å². The van der Waals surface area contributed by atoms with Crippen LogP contribution in [-0.2, 0) is 11.2 Å². The van der Waals surface area contributed by atoms with Gasteiger partial charge in [0.25, 0.3) is 0 Å². The molecule has 0 bridgehead atoms. The monoisotopic (exact) mass is 170 g/mol. The van der Waals surface area contributed by atoms with E-state index in [0.29, 0.717) is 19.6 Å². The molecule has 12 heavy (non-hydrogen) atoms. The molecule has 0 aromatic carbocycles.